The molecule has 1 atom stereocenters. The van der Waals surface area contributed by atoms with Crippen molar-refractivity contribution in [2.24, 2.45) is 10.7 Å². The number of nitrogens with zero attached hydrogens (tertiary/aromatic N) is 3. The highest BCUT2D eigenvalue weighted by Crippen LogP contribution is 2.26. The van der Waals surface area contributed by atoms with Crippen molar-refractivity contribution in [3.8, 4) is 0 Å². The summed E-state index contributed by atoms with van der Waals surface area (Å²) in [6, 6.07) is 0. The molecule has 1 aromatic heterocycles. The van der Waals surface area contributed by atoms with Crippen LogP contribution in [0.5, 0.6) is 0 Å². The standard InChI is InChI=1S/C11H17N5O2/c1-7-9-10(15-11(12)14-7)16(6-13-9)4-3-8(5-17)18-2/h6,8,17H,1,3-5H2,2H3,(H3,12,14,15)/t8-/m0/s1. The van der Waals surface area contributed by atoms with E-state index < -0.39 is 0 Å². The first-order valence-corrected chi connectivity index (χ1v) is 5.65. The normalized spacial score (nSPS) is 15.9. The zero-order valence-corrected chi connectivity index (χ0v) is 10.3. The van der Waals surface area contributed by atoms with Crippen molar-refractivity contribution in [3.05, 3.63) is 18.6 Å². The lowest BCUT2D eigenvalue weighted by Crippen LogP contribution is -2.32. The smallest absolute Gasteiger partial charge is 0.199 e. The van der Waals surface area contributed by atoms with E-state index in [0.717, 1.165) is 0 Å². The van der Waals surface area contributed by atoms with Crippen molar-refractivity contribution in [2.45, 2.75) is 19.1 Å². The fourth-order valence-electron chi connectivity index (χ4n) is 1.79. The van der Waals surface area contributed by atoms with Crippen molar-refractivity contribution < 1.29 is 9.84 Å². The average Bonchev–Trinajstić information content (AvgIpc) is 2.74. The first kappa shape index (κ1) is 12.6. The number of hydrogen-bond donors (Lipinski definition) is 3. The second kappa shape index (κ2) is 5.19. The van der Waals surface area contributed by atoms with Crippen molar-refractivity contribution in [1.29, 1.82) is 0 Å². The largest absolute Gasteiger partial charge is 0.394 e. The van der Waals surface area contributed by atoms with E-state index in [9.17, 15) is 0 Å². The van der Waals surface area contributed by atoms with Gasteiger partial charge in [-0.15, -0.1) is 0 Å². The lowest BCUT2D eigenvalue weighted by molar-refractivity contribution is 0.0404. The summed E-state index contributed by atoms with van der Waals surface area (Å²) in [5, 5.41) is 11.9. The highest BCUT2D eigenvalue weighted by atomic mass is 16.5. The molecule has 2 heterocycles. The van der Waals surface area contributed by atoms with E-state index in [-0.39, 0.29) is 12.7 Å². The molecule has 0 spiro atoms. The molecule has 0 saturated carbocycles. The average molecular weight is 251 g/mol. The molecule has 1 aliphatic rings. The van der Waals surface area contributed by atoms with Crippen LogP contribution in [-0.4, -0.2) is 40.4 Å². The number of imidazole rings is 1. The molecule has 0 unspecified atom stereocenters. The first-order chi connectivity index (χ1) is 8.65. The minimum atomic E-state index is -0.186. The summed E-state index contributed by atoms with van der Waals surface area (Å²) in [5.74, 6) is 0.990. The van der Waals surface area contributed by atoms with Gasteiger partial charge in [-0.2, -0.15) is 4.99 Å². The third kappa shape index (κ3) is 2.36. The molecule has 1 aliphatic heterocycles. The zero-order chi connectivity index (χ0) is 13.1. The van der Waals surface area contributed by atoms with Gasteiger partial charge in [0.1, 0.15) is 5.69 Å². The molecule has 7 nitrogen and oxygen atoms in total. The molecular formula is C11H17N5O2. The number of nitrogens with two attached hydrogens (primary N) is 1. The Morgan fingerprint density at radius 2 is 2.44 bits per heavy atom. The summed E-state index contributed by atoms with van der Waals surface area (Å²) in [6.45, 7) is 4.47. The van der Waals surface area contributed by atoms with Crippen LogP contribution in [0.1, 0.15) is 12.1 Å². The number of rotatable bonds is 5. The van der Waals surface area contributed by atoms with Gasteiger partial charge in [0.05, 0.1) is 24.7 Å². The number of guanidine groups is 1. The number of aliphatic hydroxyl groups excluding tert-OH is 1. The van der Waals surface area contributed by atoms with Gasteiger partial charge in [-0.3, -0.25) is 0 Å². The lowest BCUT2D eigenvalue weighted by atomic mass is 10.2. The van der Waals surface area contributed by atoms with Gasteiger partial charge in [0.2, 0.25) is 0 Å². The van der Waals surface area contributed by atoms with Crippen LogP contribution >= 0.6 is 0 Å². The molecule has 7 heteroatoms. The number of ether oxygens (including phenoxy) is 1. The molecule has 2 rings (SSSR count). The summed E-state index contributed by atoms with van der Waals surface area (Å²) in [5.41, 5.74) is 6.99. The van der Waals surface area contributed by atoms with Gasteiger partial charge in [0, 0.05) is 13.7 Å². The lowest BCUT2D eigenvalue weighted by Gasteiger charge is -2.16. The monoisotopic (exact) mass is 251 g/mol. The second-order valence-corrected chi connectivity index (χ2v) is 4.04. The molecule has 0 radical (unpaired) electrons. The molecule has 18 heavy (non-hydrogen) atoms. The van der Waals surface area contributed by atoms with Crippen molar-refractivity contribution in [1.82, 2.24) is 14.9 Å². The minimum Gasteiger partial charge on any atom is -0.394 e. The summed E-state index contributed by atoms with van der Waals surface area (Å²) >= 11 is 0. The van der Waals surface area contributed by atoms with Gasteiger partial charge >= 0.3 is 0 Å². The van der Waals surface area contributed by atoms with Crippen LogP contribution in [0.3, 0.4) is 0 Å². The maximum atomic E-state index is 9.06. The maximum Gasteiger partial charge on any atom is 0.199 e. The first-order valence-electron chi connectivity index (χ1n) is 5.65. The van der Waals surface area contributed by atoms with E-state index in [4.69, 9.17) is 15.6 Å². The Bertz CT molecular complexity index is 476. The fourth-order valence-corrected chi connectivity index (χ4v) is 1.79. The summed E-state index contributed by atoms with van der Waals surface area (Å²) in [4.78, 5) is 8.44. The zero-order valence-electron chi connectivity index (χ0n) is 10.3. The molecule has 0 amide bonds. The van der Waals surface area contributed by atoms with Crippen LogP contribution in [0.15, 0.2) is 17.9 Å². The van der Waals surface area contributed by atoms with Crippen molar-refractivity contribution >= 4 is 17.5 Å². The Morgan fingerprint density at radius 3 is 3.11 bits per heavy atom. The molecule has 0 aliphatic carbocycles. The van der Waals surface area contributed by atoms with Crippen LogP contribution < -0.4 is 11.1 Å². The molecule has 4 N–H and O–H groups in total. The predicted octanol–water partition coefficient (Wildman–Crippen LogP) is -0.199. The highest BCUT2D eigenvalue weighted by molar-refractivity contribution is 5.93. The van der Waals surface area contributed by atoms with E-state index in [1.165, 1.54) is 0 Å². The molecule has 1 aromatic rings. The number of aliphatic hydroxyl groups is 1. The Balaban J connectivity index is 2.15. The number of hydrogen-bond acceptors (Lipinski definition) is 6. The number of aromatic nitrogens is 2. The Labute approximate surface area is 105 Å². The summed E-state index contributed by atoms with van der Waals surface area (Å²) < 4.78 is 6.98. The molecule has 0 fully saturated rings. The summed E-state index contributed by atoms with van der Waals surface area (Å²) in [6.07, 6.45) is 2.17. The van der Waals surface area contributed by atoms with Gasteiger partial charge in [-0.05, 0) is 6.42 Å². The number of aliphatic imine (C=N–C) groups is 1. The van der Waals surface area contributed by atoms with E-state index in [1.54, 1.807) is 13.4 Å². The Morgan fingerprint density at radius 1 is 1.67 bits per heavy atom. The van der Waals surface area contributed by atoms with Crippen LogP contribution in [0.2, 0.25) is 0 Å². The number of fused-ring (bicyclic) bond motifs is 1. The van der Waals surface area contributed by atoms with E-state index in [2.05, 4.69) is 21.9 Å². The third-order valence-corrected chi connectivity index (χ3v) is 2.83. The van der Waals surface area contributed by atoms with Gasteiger partial charge in [0.25, 0.3) is 0 Å². The van der Waals surface area contributed by atoms with Crippen LogP contribution in [-0.2, 0) is 11.3 Å². The van der Waals surface area contributed by atoms with E-state index in [1.807, 2.05) is 4.57 Å². The van der Waals surface area contributed by atoms with Gasteiger partial charge in [0.15, 0.2) is 11.8 Å². The van der Waals surface area contributed by atoms with Crippen LogP contribution in [0.4, 0.5) is 5.82 Å². The van der Waals surface area contributed by atoms with Crippen molar-refractivity contribution in [2.75, 3.05) is 13.7 Å². The predicted molar refractivity (Wildman–Crippen MR) is 68.2 cm³/mol. The quantitative estimate of drug-likeness (QED) is 0.673. The topological polar surface area (TPSA) is 97.7 Å². The number of methoxy groups -OCH3 is 1. The summed E-state index contributed by atoms with van der Waals surface area (Å²) in [7, 11) is 1.58. The fraction of sp³-hybridized carbons (Fsp3) is 0.455. The number of aryl methyl sites for hydroxylation is 1. The SMILES string of the molecule is C=C1NC(N)=Nc2c1ncn2CC[C@@H](CO)OC. The molecule has 0 saturated heterocycles. The Kier molecular flexibility index (Phi) is 3.63. The van der Waals surface area contributed by atoms with Crippen LogP contribution in [0, 0.1) is 0 Å². The minimum absolute atomic E-state index is 0.00689. The van der Waals surface area contributed by atoms with Gasteiger partial charge in [-0.1, -0.05) is 6.58 Å². The maximum absolute atomic E-state index is 9.06. The third-order valence-electron chi connectivity index (χ3n) is 2.83. The Hall–Kier alpha value is -1.86. The second-order valence-electron chi connectivity index (χ2n) is 4.04. The van der Waals surface area contributed by atoms with E-state index >= 15 is 0 Å². The molecule has 98 valence electrons. The van der Waals surface area contributed by atoms with Gasteiger partial charge in [-0.25, -0.2) is 4.98 Å². The highest BCUT2D eigenvalue weighted by Gasteiger charge is 2.19. The number of nitrogens with one attached hydrogen (secondary N) is 1. The molecular weight excluding hydrogens is 234 g/mol. The van der Waals surface area contributed by atoms with Crippen molar-refractivity contribution in [3.63, 3.8) is 0 Å². The van der Waals surface area contributed by atoms with Crippen LogP contribution in [0.25, 0.3) is 5.70 Å². The molecule has 0 bridgehead atoms. The van der Waals surface area contributed by atoms with E-state index in [0.29, 0.717) is 36.1 Å². The van der Waals surface area contributed by atoms with Gasteiger partial charge < -0.3 is 25.5 Å². The molecule has 0 aromatic carbocycles.